The molecular formula is C23H33N3O4S. The van der Waals surface area contributed by atoms with Crippen LogP contribution in [-0.2, 0) is 14.4 Å². The average molecular weight is 448 g/mol. The number of hydrogen-bond acceptors (Lipinski definition) is 5. The molecule has 4 heterocycles. The summed E-state index contributed by atoms with van der Waals surface area (Å²) in [5.74, 6) is -1.10. The molecule has 170 valence electrons. The summed E-state index contributed by atoms with van der Waals surface area (Å²) in [6.07, 6.45) is 11.3. The summed E-state index contributed by atoms with van der Waals surface area (Å²) in [6, 6.07) is -0.595. The van der Waals surface area contributed by atoms with Crippen molar-refractivity contribution in [2.24, 2.45) is 11.8 Å². The number of hydrogen-bond donors (Lipinski definition) is 1. The van der Waals surface area contributed by atoms with Crippen LogP contribution in [0.5, 0.6) is 0 Å². The third kappa shape index (κ3) is 3.61. The van der Waals surface area contributed by atoms with Crippen LogP contribution in [0.4, 0.5) is 0 Å². The highest BCUT2D eigenvalue weighted by molar-refractivity contribution is 8.02. The highest BCUT2D eigenvalue weighted by Crippen LogP contribution is 2.60. The average Bonchev–Trinajstić information content (AvgIpc) is 3.07. The van der Waals surface area contributed by atoms with Gasteiger partial charge in [-0.3, -0.25) is 14.4 Å². The first-order valence-corrected chi connectivity index (χ1v) is 12.3. The summed E-state index contributed by atoms with van der Waals surface area (Å²) in [5.41, 5.74) is 0. The summed E-state index contributed by atoms with van der Waals surface area (Å²) in [4.78, 5) is 46.1. The lowest BCUT2D eigenvalue weighted by Gasteiger charge is -2.35. The van der Waals surface area contributed by atoms with E-state index in [0.717, 1.165) is 12.8 Å². The number of aliphatic hydroxyl groups is 1. The molecule has 7 nitrogen and oxygen atoms in total. The molecule has 8 heteroatoms. The molecular weight excluding hydrogens is 414 g/mol. The molecule has 1 spiro atoms. The van der Waals surface area contributed by atoms with Crippen LogP contribution in [0.25, 0.3) is 0 Å². The summed E-state index contributed by atoms with van der Waals surface area (Å²) in [6.45, 7) is 4.36. The number of likely N-dealkylation sites (tertiary alicyclic amines) is 1. The zero-order valence-electron chi connectivity index (χ0n) is 18.4. The van der Waals surface area contributed by atoms with Crippen LogP contribution in [0, 0.1) is 11.8 Å². The Hall–Kier alpha value is -1.80. The fourth-order valence-electron chi connectivity index (χ4n) is 5.49. The molecule has 0 radical (unpaired) electrons. The van der Waals surface area contributed by atoms with E-state index in [4.69, 9.17) is 0 Å². The van der Waals surface area contributed by atoms with Gasteiger partial charge in [-0.1, -0.05) is 37.6 Å². The Balaban J connectivity index is 1.75. The van der Waals surface area contributed by atoms with E-state index in [1.54, 1.807) is 28.6 Å². The first-order valence-electron chi connectivity index (χ1n) is 11.4. The van der Waals surface area contributed by atoms with Crippen molar-refractivity contribution in [3.63, 3.8) is 0 Å². The number of unbranched alkanes of at least 4 members (excludes halogenated alkanes) is 2. The van der Waals surface area contributed by atoms with Gasteiger partial charge in [-0.15, -0.1) is 11.8 Å². The highest BCUT2D eigenvalue weighted by atomic mass is 32.2. The van der Waals surface area contributed by atoms with Crippen molar-refractivity contribution >= 4 is 29.5 Å². The monoisotopic (exact) mass is 447 g/mol. The van der Waals surface area contributed by atoms with Gasteiger partial charge in [0.1, 0.15) is 6.04 Å². The number of likely N-dealkylation sites (N-methyl/N-ethyl adjacent to an activating group) is 1. The Morgan fingerprint density at radius 2 is 1.87 bits per heavy atom. The second kappa shape index (κ2) is 8.98. The minimum Gasteiger partial charge on any atom is -0.396 e. The van der Waals surface area contributed by atoms with Crippen molar-refractivity contribution in [1.82, 2.24) is 14.7 Å². The molecule has 2 fully saturated rings. The summed E-state index contributed by atoms with van der Waals surface area (Å²) in [5, 5.41) is 9.13. The second-order valence-electron chi connectivity index (χ2n) is 8.99. The molecule has 4 aliphatic rings. The minimum absolute atomic E-state index is 0.00737. The summed E-state index contributed by atoms with van der Waals surface area (Å²) in [7, 11) is 1.78. The Kier molecular flexibility index (Phi) is 6.49. The number of amides is 3. The van der Waals surface area contributed by atoms with Gasteiger partial charge in [0, 0.05) is 45.1 Å². The summed E-state index contributed by atoms with van der Waals surface area (Å²) >= 11 is 1.62. The van der Waals surface area contributed by atoms with Crippen molar-refractivity contribution in [3.05, 3.63) is 24.3 Å². The predicted molar refractivity (Wildman–Crippen MR) is 120 cm³/mol. The van der Waals surface area contributed by atoms with Crippen LogP contribution in [0.15, 0.2) is 24.3 Å². The van der Waals surface area contributed by atoms with E-state index < -0.39 is 22.6 Å². The summed E-state index contributed by atoms with van der Waals surface area (Å²) < 4.78 is -0.720. The molecule has 0 aromatic carbocycles. The van der Waals surface area contributed by atoms with Gasteiger partial charge in [-0.25, -0.2) is 0 Å². The smallest absolute Gasteiger partial charge is 0.247 e. The molecule has 3 amide bonds. The maximum absolute atomic E-state index is 13.8. The molecule has 1 N–H and O–H groups in total. The number of carbonyl (C=O) groups excluding carboxylic acids is 3. The van der Waals surface area contributed by atoms with Crippen molar-refractivity contribution in [2.45, 2.75) is 48.6 Å². The lowest BCUT2D eigenvalue weighted by molar-refractivity contribution is -0.144. The number of thioether (sulfide) groups is 1. The fourth-order valence-corrected chi connectivity index (χ4v) is 7.50. The molecule has 4 rings (SSSR count). The molecule has 0 aromatic rings. The fraction of sp³-hybridized carbons (Fsp3) is 0.696. The van der Waals surface area contributed by atoms with Crippen molar-refractivity contribution in [3.8, 4) is 0 Å². The Morgan fingerprint density at radius 1 is 1.06 bits per heavy atom. The van der Waals surface area contributed by atoms with Crippen LogP contribution in [0.3, 0.4) is 0 Å². The number of nitrogens with zero attached hydrogens (tertiary/aromatic N) is 3. The van der Waals surface area contributed by atoms with Crippen molar-refractivity contribution < 1.29 is 19.5 Å². The molecule has 0 aliphatic carbocycles. The number of rotatable bonds is 7. The van der Waals surface area contributed by atoms with Crippen LogP contribution in [0.2, 0.25) is 0 Å². The molecule has 31 heavy (non-hydrogen) atoms. The van der Waals surface area contributed by atoms with E-state index in [2.05, 4.69) is 19.1 Å². The van der Waals surface area contributed by atoms with E-state index in [1.807, 2.05) is 17.1 Å². The molecule has 0 saturated carbocycles. The molecule has 2 saturated heterocycles. The standard InChI is InChI=1S/C23H33N3O4S/c1-3-4-12-25-13-8-10-23-18(17-16(31-23)9-7-11-24(2)20(17)28)21(29)26(14-5-6-15-27)19(23)22(25)30/h7-10,16-19,27H,3-6,11-15H2,1-2H3/t16-,17+,18+,19?,23+/m1/s1. The van der Waals surface area contributed by atoms with Gasteiger partial charge in [-0.05, 0) is 19.3 Å². The maximum atomic E-state index is 13.8. The molecule has 1 unspecified atom stereocenters. The number of aliphatic hydroxyl groups excluding tert-OH is 1. The van der Waals surface area contributed by atoms with Gasteiger partial charge in [0.15, 0.2) is 0 Å². The quantitative estimate of drug-likeness (QED) is 0.470. The van der Waals surface area contributed by atoms with Crippen LogP contribution < -0.4 is 0 Å². The van der Waals surface area contributed by atoms with Gasteiger partial charge in [0.25, 0.3) is 0 Å². The molecule has 0 bridgehead atoms. The normalized spacial score (nSPS) is 34.7. The highest BCUT2D eigenvalue weighted by Gasteiger charge is 2.70. The largest absolute Gasteiger partial charge is 0.396 e. The SMILES string of the molecule is CCCCN1CC=C[C@]23S[C@@H]4C=CCN(C)C(=O)[C@@H]4[C@H]2C(=O)N(CCCCO)C3C1=O. The van der Waals surface area contributed by atoms with Gasteiger partial charge >= 0.3 is 0 Å². The lowest BCUT2D eigenvalue weighted by Crippen LogP contribution is -2.53. The Morgan fingerprint density at radius 3 is 2.61 bits per heavy atom. The van der Waals surface area contributed by atoms with E-state index in [9.17, 15) is 19.5 Å². The van der Waals surface area contributed by atoms with E-state index in [1.165, 1.54) is 0 Å². The van der Waals surface area contributed by atoms with E-state index in [-0.39, 0.29) is 29.6 Å². The van der Waals surface area contributed by atoms with Gasteiger partial charge in [0.05, 0.1) is 16.6 Å². The molecule has 5 atom stereocenters. The molecule has 4 aliphatic heterocycles. The van der Waals surface area contributed by atoms with Crippen LogP contribution in [0.1, 0.15) is 32.6 Å². The number of carbonyl (C=O) groups is 3. The maximum Gasteiger partial charge on any atom is 0.247 e. The van der Waals surface area contributed by atoms with Crippen molar-refractivity contribution in [1.29, 1.82) is 0 Å². The first kappa shape index (κ1) is 22.4. The molecule has 0 aromatic heterocycles. The first-order chi connectivity index (χ1) is 15.0. The topological polar surface area (TPSA) is 81.2 Å². The van der Waals surface area contributed by atoms with E-state index >= 15 is 0 Å². The van der Waals surface area contributed by atoms with Crippen LogP contribution >= 0.6 is 11.8 Å². The lowest BCUT2D eigenvalue weighted by atomic mass is 9.78. The third-order valence-corrected chi connectivity index (χ3v) is 8.78. The third-order valence-electron chi connectivity index (χ3n) is 7.03. The number of fused-ring (bicyclic) bond motifs is 2. The predicted octanol–water partition coefficient (Wildman–Crippen LogP) is 1.28. The van der Waals surface area contributed by atoms with E-state index in [0.29, 0.717) is 39.0 Å². The minimum atomic E-state index is -0.720. The zero-order valence-corrected chi connectivity index (χ0v) is 19.2. The van der Waals surface area contributed by atoms with Gasteiger partial charge in [0.2, 0.25) is 17.7 Å². The van der Waals surface area contributed by atoms with Crippen molar-refractivity contribution in [2.75, 3.05) is 39.8 Å². The Labute approximate surface area is 188 Å². The Bertz CT molecular complexity index is 800. The second-order valence-corrected chi connectivity index (χ2v) is 10.5. The van der Waals surface area contributed by atoms with Gasteiger partial charge in [-0.2, -0.15) is 0 Å². The van der Waals surface area contributed by atoms with Gasteiger partial charge < -0.3 is 19.8 Å². The zero-order chi connectivity index (χ0) is 22.2. The van der Waals surface area contributed by atoms with Crippen LogP contribution in [-0.4, -0.2) is 93.4 Å².